The number of allylic oxidation sites excluding steroid dienone is 1. The molecule has 0 unspecified atom stereocenters. The van der Waals surface area contributed by atoms with E-state index in [1.807, 2.05) is 6.92 Å². The van der Waals surface area contributed by atoms with E-state index >= 15 is 0 Å². The van der Waals surface area contributed by atoms with Crippen molar-refractivity contribution in [2.75, 3.05) is 0 Å². The van der Waals surface area contributed by atoms with Gasteiger partial charge in [0, 0.05) is 6.08 Å². The van der Waals surface area contributed by atoms with Gasteiger partial charge in [-0.3, -0.25) is 0 Å². The van der Waals surface area contributed by atoms with Crippen LogP contribution in [0.2, 0.25) is 0 Å². The van der Waals surface area contributed by atoms with Gasteiger partial charge < -0.3 is 10.2 Å². The number of benzene rings is 1. The van der Waals surface area contributed by atoms with Crippen molar-refractivity contribution in [2.45, 2.75) is 19.8 Å². The standard InChI is InChI=1S/C12H14O3/c1-2-4-9(8-12(14)15)10-5-3-6-11(13)7-10/h3,5-8,13H,2,4H2,1H3,(H,14,15)/b9-8+. The fraction of sp³-hybridized carbons (Fsp3) is 0.250. The summed E-state index contributed by atoms with van der Waals surface area (Å²) < 4.78 is 0. The number of carbonyl (C=O) groups is 1. The van der Waals surface area contributed by atoms with Crippen molar-refractivity contribution in [3.63, 3.8) is 0 Å². The van der Waals surface area contributed by atoms with Crippen molar-refractivity contribution >= 4 is 11.5 Å². The Labute approximate surface area is 88.7 Å². The van der Waals surface area contributed by atoms with E-state index in [4.69, 9.17) is 5.11 Å². The van der Waals surface area contributed by atoms with Gasteiger partial charge in [0.05, 0.1) is 0 Å². The Kier molecular flexibility index (Phi) is 3.92. The molecule has 3 nitrogen and oxygen atoms in total. The number of carboxylic acids is 1. The Balaban J connectivity index is 3.04. The molecule has 0 radical (unpaired) electrons. The molecule has 0 aliphatic carbocycles. The van der Waals surface area contributed by atoms with E-state index in [9.17, 15) is 9.90 Å². The minimum absolute atomic E-state index is 0.153. The highest BCUT2D eigenvalue weighted by Crippen LogP contribution is 2.22. The Hall–Kier alpha value is -1.77. The van der Waals surface area contributed by atoms with Crippen LogP contribution >= 0.6 is 0 Å². The van der Waals surface area contributed by atoms with E-state index < -0.39 is 5.97 Å². The third-order valence-electron chi connectivity index (χ3n) is 2.03. The van der Waals surface area contributed by atoms with Gasteiger partial charge in [-0.05, 0) is 29.7 Å². The first-order chi connectivity index (χ1) is 7.13. The van der Waals surface area contributed by atoms with Crippen molar-refractivity contribution in [1.82, 2.24) is 0 Å². The van der Waals surface area contributed by atoms with Crippen LogP contribution in [0, 0.1) is 0 Å². The molecule has 0 aliphatic rings. The van der Waals surface area contributed by atoms with E-state index in [2.05, 4.69) is 0 Å². The zero-order valence-corrected chi connectivity index (χ0v) is 8.60. The smallest absolute Gasteiger partial charge is 0.328 e. The highest BCUT2D eigenvalue weighted by atomic mass is 16.4. The van der Waals surface area contributed by atoms with Crippen molar-refractivity contribution in [3.05, 3.63) is 35.9 Å². The molecule has 1 aromatic carbocycles. The van der Waals surface area contributed by atoms with Crippen LogP contribution in [0.15, 0.2) is 30.3 Å². The second-order valence-electron chi connectivity index (χ2n) is 3.31. The lowest BCUT2D eigenvalue weighted by Gasteiger charge is -2.05. The summed E-state index contributed by atoms with van der Waals surface area (Å²) in [7, 11) is 0. The average Bonchev–Trinajstić information content (AvgIpc) is 2.16. The lowest BCUT2D eigenvalue weighted by atomic mass is 10.0. The van der Waals surface area contributed by atoms with E-state index in [0.717, 1.165) is 17.6 Å². The van der Waals surface area contributed by atoms with Gasteiger partial charge in [0.2, 0.25) is 0 Å². The normalized spacial score (nSPS) is 11.4. The van der Waals surface area contributed by atoms with Gasteiger partial charge in [-0.1, -0.05) is 25.5 Å². The third kappa shape index (κ3) is 3.46. The summed E-state index contributed by atoms with van der Waals surface area (Å²) in [5, 5.41) is 18.0. The second-order valence-corrected chi connectivity index (χ2v) is 3.31. The van der Waals surface area contributed by atoms with Crippen molar-refractivity contribution in [3.8, 4) is 5.75 Å². The molecule has 0 atom stereocenters. The number of aliphatic carboxylic acids is 1. The fourth-order valence-electron chi connectivity index (χ4n) is 1.42. The highest BCUT2D eigenvalue weighted by Gasteiger charge is 2.03. The zero-order chi connectivity index (χ0) is 11.3. The number of hydrogen-bond acceptors (Lipinski definition) is 2. The van der Waals surface area contributed by atoms with Crippen LogP contribution in [0.1, 0.15) is 25.3 Å². The predicted octanol–water partition coefficient (Wildman–Crippen LogP) is 2.66. The number of phenolic OH excluding ortho intramolecular Hbond substituents is 1. The minimum Gasteiger partial charge on any atom is -0.508 e. The summed E-state index contributed by atoms with van der Waals surface area (Å²) in [6.07, 6.45) is 2.75. The van der Waals surface area contributed by atoms with E-state index in [1.54, 1.807) is 24.3 Å². The van der Waals surface area contributed by atoms with Gasteiger partial charge in [-0.2, -0.15) is 0 Å². The number of aromatic hydroxyl groups is 1. The molecule has 0 bridgehead atoms. The van der Waals surface area contributed by atoms with Crippen LogP contribution < -0.4 is 0 Å². The number of rotatable bonds is 4. The molecule has 0 heterocycles. The summed E-state index contributed by atoms with van der Waals surface area (Å²) in [5.41, 5.74) is 1.50. The highest BCUT2D eigenvalue weighted by molar-refractivity contribution is 5.90. The zero-order valence-electron chi connectivity index (χ0n) is 8.60. The molecule has 2 N–H and O–H groups in total. The van der Waals surface area contributed by atoms with Crippen LogP contribution in [0.3, 0.4) is 0 Å². The maximum Gasteiger partial charge on any atom is 0.328 e. The molecule has 3 heteroatoms. The van der Waals surface area contributed by atoms with Gasteiger partial charge in [-0.25, -0.2) is 4.79 Å². The molecule has 0 fully saturated rings. The second kappa shape index (κ2) is 5.20. The topological polar surface area (TPSA) is 57.5 Å². The van der Waals surface area contributed by atoms with E-state index in [-0.39, 0.29) is 5.75 Å². The maximum atomic E-state index is 10.6. The SMILES string of the molecule is CCC/C(=C\C(=O)O)c1cccc(O)c1. The van der Waals surface area contributed by atoms with Gasteiger partial charge in [0.1, 0.15) is 5.75 Å². The van der Waals surface area contributed by atoms with E-state index in [1.165, 1.54) is 6.08 Å². The summed E-state index contributed by atoms with van der Waals surface area (Å²) in [5.74, 6) is -0.804. The number of carboxylic acid groups (broad SMARTS) is 1. The minimum atomic E-state index is -0.957. The molecule has 15 heavy (non-hydrogen) atoms. The first-order valence-electron chi connectivity index (χ1n) is 4.86. The largest absolute Gasteiger partial charge is 0.508 e. The Morgan fingerprint density at radius 3 is 2.73 bits per heavy atom. The molecule has 0 spiro atoms. The Morgan fingerprint density at radius 1 is 1.47 bits per heavy atom. The molecule has 0 saturated heterocycles. The molecule has 0 amide bonds. The molecular weight excluding hydrogens is 192 g/mol. The molecule has 0 aliphatic heterocycles. The molecule has 0 aromatic heterocycles. The van der Waals surface area contributed by atoms with Gasteiger partial charge in [0.15, 0.2) is 0 Å². The van der Waals surface area contributed by atoms with Crippen LogP contribution in [0.5, 0.6) is 5.75 Å². The summed E-state index contributed by atoms with van der Waals surface area (Å²) in [4.78, 5) is 10.6. The van der Waals surface area contributed by atoms with Crippen molar-refractivity contribution < 1.29 is 15.0 Å². The summed E-state index contributed by atoms with van der Waals surface area (Å²) >= 11 is 0. The lowest BCUT2D eigenvalue weighted by Crippen LogP contribution is -1.92. The van der Waals surface area contributed by atoms with Crippen molar-refractivity contribution in [2.24, 2.45) is 0 Å². The van der Waals surface area contributed by atoms with Crippen LogP contribution in [0.25, 0.3) is 5.57 Å². The fourth-order valence-corrected chi connectivity index (χ4v) is 1.42. The van der Waals surface area contributed by atoms with Crippen LogP contribution in [-0.4, -0.2) is 16.2 Å². The van der Waals surface area contributed by atoms with Crippen molar-refractivity contribution in [1.29, 1.82) is 0 Å². The first-order valence-corrected chi connectivity index (χ1v) is 4.86. The number of hydrogen-bond donors (Lipinski definition) is 2. The predicted molar refractivity (Wildman–Crippen MR) is 58.6 cm³/mol. The monoisotopic (exact) mass is 206 g/mol. The summed E-state index contributed by atoms with van der Waals surface area (Å²) in [6.45, 7) is 1.98. The summed E-state index contributed by atoms with van der Waals surface area (Å²) in [6, 6.07) is 6.64. The first kappa shape index (κ1) is 11.3. The molecule has 0 saturated carbocycles. The van der Waals surface area contributed by atoms with Crippen LogP contribution in [0.4, 0.5) is 0 Å². The average molecular weight is 206 g/mol. The Bertz CT molecular complexity index is 380. The third-order valence-corrected chi connectivity index (χ3v) is 2.03. The maximum absolute atomic E-state index is 10.6. The lowest BCUT2D eigenvalue weighted by molar-refractivity contribution is -0.131. The molecule has 1 aromatic rings. The molecule has 80 valence electrons. The quantitative estimate of drug-likeness (QED) is 0.744. The van der Waals surface area contributed by atoms with Gasteiger partial charge >= 0.3 is 5.97 Å². The Morgan fingerprint density at radius 2 is 2.20 bits per heavy atom. The van der Waals surface area contributed by atoms with Crippen LogP contribution in [-0.2, 0) is 4.79 Å². The van der Waals surface area contributed by atoms with Gasteiger partial charge in [0.25, 0.3) is 0 Å². The number of phenols is 1. The molecular formula is C12H14O3. The van der Waals surface area contributed by atoms with Gasteiger partial charge in [-0.15, -0.1) is 0 Å². The van der Waals surface area contributed by atoms with E-state index in [0.29, 0.717) is 6.42 Å². The molecule has 1 rings (SSSR count).